The smallest absolute Gasteiger partial charge is 0.387 e. The van der Waals surface area contributed by atoms with Gasteiger partial charge < -0.3 is 4.74 Å². The largest absolute Gasteiger partial charge is 0.433 e. The molecular formula is C13H9Cl2F2NO. The number of ether oxygens (including phenoxy) is 1. The van der Waals surface area contributed by atoms with Gasteiger partial charge in [-0.25, -0.2) is 0 Å². The first-order valence-corrected chi connectivity index (χ1v) is 6.13. The Bertz CT molecular complexity index is 578. The SMILES string of the molecule is FC(F)Oc1cc(Cc2cncc(Cl)c2)ccc1Cl. The number of aromatic nitrogens is 1. The van der Waals surface area contributed by atoms with Gasteiger partial charge in [0.05, 0.1) is 10.0 Å². The van der Waals surface area contributed by atoms with Crippen LogP contribution in [-0.4, -0.2) is 11.6 Å². The van der Waals surface area contributed by atoms with Crippen molar-refractivity contribution in [3.63, 3.8) is 0 Å². The monoisotopic (exact) mass is 303 g/mol. The Hall–Kier alpha value is -1.39. The Kier molecular flexibility index (Phi) is 4.56. The van der Waals surface area contributed by atoms with Gasteiger partial charge in [0.2, 0.25) is 0 Å². The fourth-order valence-corrected chi connectivity index (χ4v) is 1.99. The molecule has 0 spiro atoms. The van der Waals surface area contributed by atoms with E-state index in [0.717, 1.165) is 11.1 Å². The van der Waals surface area contributed by atoms with Crippen molar-refractivity contribution in [1.29, 1.82) is 0 Å². The molecule has 0 atom stereocenters. The zero-order valence-corrected chi connectivity index (χ0v) is 11.1. The molecule has 2 nitrogen and oxygen atoms in total. The topological polar surface area (TPSA) is 22.1 Å². The van der Waals surface area contributed by atoms with E-state index in [1.165, 1.54) is 18.3 Å². The molecule has 0 radical (unpaired) electrons. The van der Waals surface area contributed by atoms with Gasteiger partial charge in [0.15, 0.2) is 0 Å². The second-order valence-electron chi connectivity index (χ2n) is 3.83. The van der Waals surface area contributed by atoms with Crippen LogP contribution in [0, 0.1) is 0 Å². The molecule has 2 aromatic rings. The summed E-state index contributed by atoms with van der Waals surface area (Å²) < 4.78 is 28.7. The third-order valence-electron chi connectivity index (χ3n) is 2.38. The van der Waals surface area contributed by atoms with E-state index in [0.29, 0.717) is 11.4 Å². The number of pyridine rings is 1. The zero-order chi connectivity index (χ0) is 13.8. The van der Waals surface area contributed by atoms with Crippen LogP contribution in [0.25, 0.3) is 0 Å². The van der Waals surface area contributed by atoms with Crippen molar-refractivity contribution >= 4 is 23.2 Å². The van der Waals surface area contributed by atoms with E-state index >= 15 is 0 Å². The van der Waals surface area contributed by atoms with Gasteiger partial charge in [0, 0.05) is 12.4 Å². The highest BCUT2D eigenvalue weighted by molar-refractivity contribution is 6.32. The Morgan fingerprint density at radius 1 is 1.11 bits per heavy atom. The van der Waals surface area contributed by atoms with Crippen LogP contribution in [0.2, 0.25) is 10.0 Å². The summed E-state index contributed by atoms with van der Waals surface area (Å²) in [4.78, 5) is 3.96. The first-order valence-electron chi connectivity index (χ1n) is 5.37. The molecule has 100 valence electrons. The highest BCUT2D eigenvalue weighted by atomic mass is 35.5. The maximum Gasteiger partial charge on any atom is 0.387 e. The maximum absolute atomic E-state index is 12.2. The number of halogens is 4. The molecule has 1 aromatic heterocycles. The predicted octanol–water partition coefficient (Wildman–Crippen LogP) is 4.58. The highest BCUT2D eigenvalue weighted by Gasteiger charge is 2.09. The van der Waals surface area contributed by atoms with Gasteiger partial charge in [-0.3, -0.25) is 4.98 Å². The first-order chi connectivity index (χ1) is 9.04. The first kappa shape index (κ1) is 14.0. The van der Waals surface area contributed by atoms with Crippen LogP contribution in [0.4, 0.5) is 8.78 Å². The molecule has 0 aliphatic carbocycles. The second-order valence-corrected chi connectivity index (χ2v) is 4.68. The summed E-state index contributed by atoms with van der Waals surface area (Å²) in [6.07, 6.45) is 3.69. The lowest BCUT2D eigenvalue weighted by molar-refractivity contribution is -0.0498. The summed E-state index contributed by atoms with van der Waals surface area (Å²) in [7, 11) is 0. The lowest BCUT2D eigenvalue weighted by Crippen LogP contribution is -2.03. The number of hydrogen-bond donors (Lipinski definition) is 0. The van der Waals surface area contributed by atoms with Crippen molar-refractivity contribution in [3.8, 4) is 5.75 Å². The van der Waals surface area contributed by atoms with Crippen LogP contribution in [-0.2, 0) is 6.42 Å². The molecule has 19 heavy (non-hydrogen) atoms. The van der Waals surface area contributed by atoms with Gasteiger partial charge in [0.25, 0.3) is 0 Å². The van der Waals surface area contributed by atoms with Gasteiger partial charge in [-0.1, -0.05) is 29.3 Å². The van der Waals surface area contributed by atoms with E-state index in [1.54, 1.807) is 18.3 Å². The van der Waals surface area contributed by atoms with E-state index in [-0.39, 0.29) is 10.8 Å². The molecule has 0 aliphatic rings. The van der Waals surface area contributed by atoms with Crippen LogP contribution in [0.5, 0.6) is 5.75 Å². The molecule has 6 heteroatoms. The Morgan fingerprint density at radius 3 is 2.58 bits per heavy atom. The summed E-state index contributed by atoms with van der Waals surface area (Å²) >= 11 is 11.6. The summed E-state index contributed by atoms with van der Waals surface area (Å²) in [5.74, 6) is -0.0378. The number of rotatable bonds is 4. The summed E-state index contributed by atoms with van der Waals surface area (Å²) in [6, 6.07) is 6.50. The van der Waals surface area contributed by atoms with E-state index in [2.05, 4.69) is 9.72 Å². The number of nitrogens with zero attached hydrogens (tertiary/aromatic N) is 1. The van der Waals surface area contributed by atoms with Crippen LogP contribution in [0.3, 0.4) is 0 Å². The quantitative estimate of drug-likeness (QED) is 0.825. The Balaban J connectivity index is 2.21. The van der Waals surface area contributed by atoms with Crippen LogP contribution < -0.4 is 4.74 Å². The number of benzene rings is 1. The van der Waals surface area contributed by atoms with E-state index in [9.17, 15) is 8.78 Å². The number of alkyl halides is 2. The van der Waals surface area contributed by atoms with Crippen molar-refractivity contribution < 1.29 is 13.5 Å². The molecule has 0 saturated heterocycles. The molecule has 1 heterocycles. The third kappa shape index (κ3) is 4.04. The van der Waals surface area contributed by atoms with Gasteiger partial charge >= 0.3 is 6.61 Å². The Labute approximate surface area is 118 Å². The molecule has 0 N–H and O–H groups in total. The maximum atomic E-state index is 12.2. The molecule has 1 aromatic carbocycles. The van der Waals surface area contributed by atoms with Gasteiger partial charge in [-0.15, -0.1) is 0 Å². The molecule has 0 saturated carbocycles. The zero-order valence-electron chi connectivity index (χ0n) is 9.62. The summed E-state index contributed by atoms with van der Waals surface area (Å²) in [6.45, 7) is -2.90. The lowest BCUT2D eigenvalue weighted by Gasteiger charge is -2.09. The molecule has 0 bridgehead atoms. The van der Waals surface area contributed by atoms with Crippen molar-refractivity contribution in [2.45, 2.75) is 13.0 Å². The highest BCUT2D eigenvalue weighted by Crippen LogP contribution is 2.28. The number of hydrogen-bond acceptors (Lipinski definition) is 2. The third-order valence-corrected chi connectivity index (χ3v) is 2.90. The summed E-state index contributed by atoms with van der Waals surface area (Å²) in [5, 5.41) is 0.670. The average Bonchev–Trinajstić information content (AvgIpc) is 2.33. The van der Waals surface area contributed by atoms with Crippen LogP contribution in [0.1, 0.15) is 11.1 Å². The van der Waals surface area contributed by atoms with Crippen molar-refractivity contribution in [3.05, 3.63) is 57.8 Å². The average molecular weight is 304 g/mol. The van der Waals surface area contributed by atoms with E-state index < -0.39 is 6.61 Å². The molecule has 0 amide bonds. The molecule has 0 aliphatic heterocycles. The molecule has 0 fully saturated rings. The Morgan fingerprint density at radius 2 is 1.89 bits per heavy atom. The fourth-order valence-electron chi connectivity index (χ4n) is 1.63. The molecule has 2 rings (SSSR count). The summed E-state index contributed by atoms with van der Waals surface area (Å²) in [5.41, 5.74) is 1.65. The van der Waals surface area contributed by atoms with E-state index in [1.807, 2.05) is 0 Å². The van der Waals surface area contributed by atoms with Gasteiger partial charge in [0.1, 0.15) is 5.75 Å². The standard InChI is InChI=1S/C13H9Cl2F2NO/c14-10-4-9(6-18-7-10)3-8-1-2-11(15)12(5-8)19-13(16)17/h1-2,4-7,13H,3H2. The van der Waals surface area contributed by atoms with Crippen molar-refractivity contribution in [1.82, 2.24) is 4.98 Å². The molecule has 0 unspecified atom stereocenters. The van der Waals surface area contributed by atoms with Gasteiger partial charge in [-0.2, -0.15) is 8.78 Å². The van der Waals surface area contributed by atoms with E-state index in [4.69, 9.17) is 23.2 Å². The van der Waals surface area contributed by atoms with Gasteiger partial charge in [-0.05, 0) is 35.7 Å². The minimum absolute atomic E-state index is 0.0378. The molecular weight excluding hydrogens is 295 g/mol. The van der Waals surface area contributed by atoms with Crippen molar-refractivity contribution in [2.24, 2.45) is 0 Å². The predicted molar refractivity (Wildman–Crippen MR) is 70.1 cm³/mol. The second kappa shape index (κ2) is 6.17. The normalized spacial score (nSPS) is 10.8. The fraction of sp³-hybridized carbons (Fsp3) is 0.154. The van der Waals surface area contributed by atoms with Crippen LogP contribution in [0.15, 0.2) is 36.7 Å². The van der Waals surface area contributed by atoms with Crippen molar-refractivity contribution in [2.75, 3.05) is 0 Å². The van der Waals surface area contributed by atoms with Crippen LogP contribution >= 0.6 is 23.2 Å². The minimum Gasteiger partial charge on any atom is -0.433 e. The lowest BCUT2D eigenvalue weighted by atomic mass is 10.1. The minimum atomic E-state index is -2.90.